The van der Waals surface area contributed by atoms with E-state index in [1.165, 1.54) is 4.90 Å². The molecule has 1 N–H and O–H groups in total. The van der Waals surface area contributed by atoms with E-state index in [0.29, 0.717) is 0 Å². The molecule has 0 saturated carbocycles. The molecule has 0 aliphatic carbocycles. The summed E-state index contributed by atoms with van der Waals surface area (Å²) in [6.07, 6.45) is -0.248. The third-order valence-electron chi connectivity index (χ3n) is 4.10. The van der Waals surface area contributed by atoms with Crippen LogP contribution in [0.4, 0.5) is 9.59 Å². The largest absolute Gasteiger partial charge is 0.445 e. The number of carbonyl (C=O) groups is 2. The van der Waals surface area contributed by atoms with Crippen molar-refractivity contribution in [1.29, 1.82) is 0 Å². The second kappa shape index (κ2) is 9.45. The Balaban J connectivity index is 1.99. The van der Waals surface area contributed by atoms with E-state index in [-0.39, 0.29) is 26.3 Å². The van der Waals surface area contributed by atoms with E-state index < -0.39 is 39.9 Å². The van der Waals surface area contributed by atoms with E-state index in [4.69, 9.17) is 13.7 Å². The maximum Gasteiger partial charge on any atom is 0.410 e. The summed E-state index contributed by atoms with van der Waals surface area (Å²) in [5, 5.41) is 2.69. The molecule has 1 aromatic rings. The van der Waals surface area contributed by atoms with Crippen molar-refractivity contribution in [3.63, 3.8) is 0 Å². The number of likely N-dealkylation sites (tertiary alicyclic amines) is 1. The lowest BCUT2D eigenvalue weighted by Crippen LogP contribution is -2.44. The fourth-order valence-electron chi connectivity index (χ4n) is 2.83. The molecular formula is C19H28N2O7S. The molecule has 0 bridgehead atoms. The highest BCUT2D eigenvalue weighted by Crippen LogP contribution is 2.20. The van der Waals surface area contributed by atoms with E-state index >= 15 is 0 Å². The molecule has 0 aromatic heterocycles. The van der Waals surface area contributed by atoms with Gasteiger partial charge in [0.05, 0.1) is 18.9 Å². The highest BCUT2D eigenvalue weighted by atomic mass is 32.2. The van der Waals surface area contributed by atoms with Crippen molar-refractivity contribution < 1.29 is 31.7 Å². The average molecular weight is 429 g/mol. The van der Waals surface area contributed by atoms with Crippen LogP contribution in [0.2, 0.25) is 0 Å². The van der Waals surface area contributed by atoms with Crippen LogP contribution in [-0.4, -0.2) is 63.1 Å². The zero-order valence-electron chi connectivity index (χ0n) is 17.1. The number of nitrogens with zero attached hydrogens (tertiary/aromatic N) is 1. The summed E-state index contributed by atoms with van der Waals surface area (Å²) < 4.78 is 38.1. The van der Waals surface area contributed by atoms with E-state index in [0.717, 1.165) is 11.8 Å². The van der Waals surface area contributed by atoms with Crippen molar-refractivity contribution in [2.75, 3.05) is 26.0 Å². The minimum atomic E-state index is -3.65. The molecule has 1 aromatic carbocycles. The molecule has 9 nitrogen and oxygen atoms in total. The number of hydrogen-bond donors (Lipinski definition) is 1. The maximum absolute atomic E-state index is 12.4. The lowest BCUT2D eigenvalue weighted by molar-refractivity contribution is 0.0488. The molecule has 10 heteroatoms. The highest BCUT2D eigenvalue weighted by Gasteiger charge is 2.38. The Hall–Kier alpha value is -2.33. The summed E-state index contributed by atoms with van der Waals surface area (Å²) in [5.41, 5.74) is 0.163. The number of carbonyl (C=O) groups excluding carboxylic acids is 2. The molecule has 1 fully saturated rings. The SMILES string of the molecule is CC(C)(C)OC(=O)NC1CN(C(=O)OCc2ccccc2)CC1COS(C)(=O)=O. The number of amides is 2. The Morgan fingerprint density at radius 2 is 1.83 bits per heavy atom. The summed E-state index contributed by atoms with van der Waals surface area (Å²) in [6, 6.07) is 8.71. The van der Waals surface area contributed by atoms with Crippen molar-refractivity contribution in [2.24, 2.45) is 5.92 Å². The number of benzene rings is 1. The zero-order chi connectivity index (χ0) is 21.7. The number of nitrogens with one attached hydrogen (secondary N) is 1. The number of hydrogen-bond acceptors (Lipinski definition) is 7. The van der Waals surface area contributed by atoms with Crippen LogP contribution in [0.15, 0.2) is 30.3 Å². The lowest BCUT2D eigenvalue weighted by atomic mass is 10.1. The van der Waals surface area contributed by atoms with Gasteiger partial charge in [-0.2, -0.15) is 8.42 Å². The zero-order valence-corrected chi connectivity index (χ0v) is 17.9. The van der Waals surface area contributed by atoms with Gasteiger partial charge in [-0.25, -0.2) is 9.59 Å². The van der Waals surface area contributed by atoms with Crippen LogP contribution in [0.1, 0.15) is 26.3 Å². The van der Waals surface area contributed by atoms with Gasteiger partial charge in [0.2, 0.25) is 0 Å². The van der Waals surface area contributed by atoms with Crippen LogP contribution in [0, 0.1) is 5.92 Å². The maximum atomic E-state index is 12.4. The fourth-order valence-corrected chi connectivity index (χ4v) is 3.26. The Morgan fingerprint density at radius 1 is 1.17 bits per heavy atom. The first-order valence-electron chi connectivity index (χ1n) is 9.22. The molecule has 2 amide bonds. The van der Waals surface area contributed by atoms with Crippen molar-refractivity contribution in [3.8, 4) is 0 Å². The summed E-state index contributed by atoms with van der Waals surface area (Å²) >= 11 is 0. The smallest absolute Gasteiger partial charge is 0.410 e. The average Bonchev–Trinajstić information content (AvgIpc) is 2.99. The van der Waals surface area contributed by atoms with Crippen LogP contribution < -0.4 is 5.32 Å². The molecule has 2 atom stereocenters. The minimum Gasteiger partial charge on any atom is -0.445 e. The Bertz CT molecular complexity index is 806. The van der Waals surface area contributed by atoms with Gasteiger partial charge in [0.25, 0.3) is 10.1 Å². The Kier molecular flexibility index (Phi) is 7.48. The number of alkyl carbamates (subject to hydrolysis) is 1. The molecule has 2 unspecified atom stereocenters. The van der Waals surface area contributed by atoms with Gasteiger partial charge >= 0.3 is 12.2 Å². The summed E-state index contributed by atoms with van der Waals surface area (Å²) in [4.78, 5) is 26.0. The topological polar surface area (TPSA) is 111 Å². The van der Waals surface area contributed by atoms with Gasteiger partial charge in [-0.05, 0) is 26.3 Å². The summed E-state index contributed by atoms with van der Waals surface area (Å²) in [5.74, 6) is -0.429. The predicted octanol–water partition coefficient (Wildman–Crippen LogP) is 2.12. The normalized spacial score (nSPS) is 19.7. The first-order chi connectivity index (χ1) is 13.4. The van der Waals surface area contributed by atoms with Gasteiger partial charge in [0, 0.05) is 19.0 Å². The van der Waals surface area contributed by atoms with Crippen molar-refractivity contribution in [1.82, 2.24) is 10.2 Å². The second-order valence-corrected chi connectivity index (χ2v) is 9.59. The van der Waals surface area contributed by atoms with Gasteiger partial charge in [-0.3, -0.25) is 4.18 Å². The third-order valence-corrected chi connectivity index (χ3v) is 4.67. The summed E-state index contributed by atoms with van der Waals surface area (Å²) in [7, 11) is -3.65. The van der Waals surface area contributed by atoms with E-state index in [1.54, 1.807) is 20.8 Å². The Labute approximate surface area is 171 Å². The van der Waals surface area contributed by atoms with Crippen LogP contribution in [0.3, 0.4) is 0 Å². The van der Waals surface area contributed by atoms with Gasteiger partial charge in [0.15, 0.2) is 0 Å². The molecule has 29 heavy (non-hydrogen) atoms. The first-order valence-corrected chi connectivity index (χ1v) is 11.0. The van der Waals surface area contributed by atoms with E-state index in [9.17, 15) is 18.0 Å². The van der Waals surface area contributed by atoms with Crippen molar-refractivity contribution >= 4 is 22.3 Å². The molecule has 2 rings (SSSR count). The molecule has 1 aliphatic rings. The molecule has 1 saturated heterocycles. The van der Waals surface area contributed by atoms with Gasteiger partial charge in [-0.1, -0.05) is 30.3 Å². The lowest BCUT2D eigenvalue weighted by Gasteiger charge is -2.23. The van der Waals surface area contributed by atoms with Crippen molar-refractivity contribution in [2.45, 2.75) is 39.0 Å². The predicted molar refractivity (Wildman–Crippen MR) is 106 cm³/mol. The molecule has 162 valence electrons. The Morgan fingerprint density at radius 3 is 2.41 bits per heavy atom. The van der Waals surface area contributed by atoms with Crippen LogP contribution >= 0.6 is 0 Å². The van der Waals surface area contributed by atoms with Crippen LogP contribution in [0.25, 0.3) is 0 Å². The number of rotatable bonds is 6. The molecule has 0 spiro atoms. The monoisotopic (exact) mass is 428 g/mol. The third kappa shape index (κ3) is 8.28. The fraction of sp³-hybridized carbons (Fsp3) is 0.579. The second-order valence-electron chi connectivity index (χ2n) is 7.95. The van der Waals surface area contributed by atoms with Crippen LogP contribution in [-0.2, 0) is 30.4 Å². The van der Waals surface area contributed by atoms with Gasteiger partial charge < -0.3 is 19.7 Å². The standard InChI is InChI=1S/C19H28N2O7S/c1-19(2,3)28-17(22)20-16-11-21(10-15(16)13-27-29(4,24)25)18(23)26-12-14-8-6-5-7-9-14/h5-9,15-16H,10-13H2,1-4H3,(H,20,22). The quantitative estimate of drug-likeness (QED) is 0.691. The van der Waals surface area contributed by atoms with E-state index in [2.05, 4.69) is 5.32 Å². The van der Waals surface area contributed by atoms with E-state index in [1.807, 2.05) is 30.3 Å². The van der Waals surface area contributed by atoms with Crippen LogP contribution in [0.5, 0.6) is 0 Å². The molecule has 1 aliphatic heterocycles. The minimum absolute atomic E-state index is 0.116. The van der Waals surface area contributed by atoms with Gasteiger partial charge in [-0.15, -0.1) is 0 Å². The van der Waals surface area contributed by atoms with Crippen molar-refractivity contribution in [3.05, 3.63) is 35.9 Å². The molecule has 1 heterocycles. The number of ether oxygens (including phenoxy) is 2. The summed E-state index contributed by atoms with van der Waals surface area (Å²) in [6.45, 7) is 5.50. The molecule has 0 radical (unpaired) electrons. The highest BCUT2D eigenvalue weighted by molar-refractivity contribution is 7.85. The molecular weight excluding hydrogens is 400 g/mol. The van der Waals surface area contributed by atoms with Gasteiger partial charge in [0.1, 0.15) is 12.2 Å². The first kappa shape index (κ1) is 23.0.